The summed E-state index contributed by atoms with van der Waals surface area (Å²) < 4.78 is 7.99. The summed E-state index contributed by atoms with van der Waals surface area (Å²) in [6, 6.07) is 10.2. The number of hydrogen-bond donors (Lipinski definition) is 1. The van der Waals surface area contributed by atoms with E-state index in [1.165, 1.54) is 0 Å². The average molecular weight is 285 g/mol. The van der Waals surface area contributed by atoms with Crippen LogP contribution < -0.4 is 0 Å². The normalized spacial score (nSPS) is 10.9. The van der Waals surface area contributed by atoms with Gasteiger partial charge in [0, 0.05) is 11.8 Å². The van der Waals surface area contributed by atoms with E-state index in [1.807, 2.05) is 38.2 Å². The number of rotatable bonds is 3. The Morgan fingerprint density at radius 2 is 2.00 bits per heavy atom. The third-order valence-electron chi connectivity index (χ3n) is 3.44. The fourth-order valence-electron chi connectivity index (χ4n) is 2.29. The first-order valence-electron chi connectivity index (χ1n) is 6.42. The Bertz CT molecular complexity index is 764. The van der Waals surface area contributed by atoms with Gasteiger partial charge < -0.3 is 14.1 Å². The largest absolute Gasteiger partial charge is 0.361 e. The molecule has 0 saturated carbocycles. The smallest absolute Gasteiger partial charge is 0.177 e. The first-order valence-corrected chi connectivity index (χ1v) is 6.83. The van der Waals surface area contributed by atoms with Crippen LogP contribution in [0.2, 0.25) is 0 Å². The number of nitrogens with one attached hydrogen (secondary N) is 1. The highest BCUT2D eigenvalue weighted by Gasteiger charge is 2.13. The van der Waals surface area contributed by atoms with E-state index in [1.54, 1.807) is 0 Å². The number of H-pyrrole nitrogens is 1. The van der Waals surface area contributed by atoms with Crippen molar-refractivity contribution in [2.75, 3.05) is 0 Å². The first-order chi connectivity index (χ1) is 9.66. The van der Waals surface area contributed by atoms with Crippen molar-refractivity contribution >= 4 is 12.2 Å². The molecule has 1 N–H and O–H groups in total. The average Bonchev–Trinajstić information content (AvgIpc) is 2.98. The summed E-state index contributed by atoms with van der Waals surface area (Å²) in [7, 11) is 0. The summed E-state index contributed by atoms with van der Waals surface area (Å²) in [6.07, 6.45) is 1.94. The van der Waals surface area contributed by atoms with E-state index >= 15 is 0 Å². The third kappa shape index (κ3) is 2.20. The van der Waals surface area contributed by atoms with Crippen molar-refractivity contribution in [2.45, 2.75) is 20.4 Å². The molecule has 0 aliphatic heterocycles. The molecule has 0 unspecified atom stereocenters. The van der Waals surface area contributed by atoms with Crippen molar-refractivity contribution in [3.05, 3.63) is 58.3 Å². The second-order valence-corrected chi connectivity index (χ2v) is 5.12. The minimum Gasteiger partial charge on any atom is -0.361 e. The van der Waals surface area contributed by atoms with Crippen LogP contribution in [-0.4, -0.2) is 14.7 Å². The van der Waals surface area contributed by atoms with Gasteiger partial charge in [-0.05, 0) is 31.6 Å². The molecule has 0 bridgehead atoms. The maximum Gasteiger partial charge on any atom is 0.177 e. The Kier molecular flexibility index (Phi) is 3.28. The highest BCUT2D eigenvalue weighted by atomic mass is 32.1. The van der Waals surface area contributed by atoms with Crippen molar-refractivity contribution in [1.82, 2.24) is 14.7 Å². The van der Waals surface area contributed by atoms with Crippen LogP contribution in [0.4, 0.5) is 0 Å². The second kappa shape index (κ2) is 5.09. The van der Waals surface area contributed by atoms with Crippen LogP contribution in [0.25, 0.3) is 11.3 Å². The molecule has 2 heterocycles. The molecular formula is C15H15N3OS. The third-order valence-corrected chi connectivity index (χ3v) is 3.77. The Balaban J connectivity index is 2.07. The number of nitrogens with zero attached hydrogens (tertiary/aromatic N) is 2. The van der Waals surface area contributed by atoms with Gasteiger partial charge in [-0.1, -0.05) is 35.5 Å². The van der Waals surface area contributed by atoms with Crippen molar-refractivity contribution in [3.8, 4) is 11.3 Å². The second-order valence-electron chi connectivity index (χ2n) is 4.73. The Hall–Kier alpha value is -2.14. The summed E-state index contributed by atoms with van der Waals surface area (Å²) in [5.74, 6) is 0.838. The van der Waals surface area contributed by atoms with Gasteiger partial charge in [0.05, 0.1) is 17.9 Å². The van der Waals surface area contributed by atoms with E-state index in [0.717, 1.165) is 28.3 Å². The molecule has 4 nitrogen and oxygen atoms in total. The van der Waals surface area contributed by atoms with E-state index in [0.29, 0.717) is 11.3 Å². The highest BCUT2D eigenvalue weighted by Crippen LogP contribution is 2.22. The molecule has 2 aromatic heterocycles. The standard InChI is InChI=1S/C15H15N3OS/c1-10-13(11(2)19-17-10)9-18-14(8-16-15(18)20)12-6-4-3-5-7-12/h3-8H,9H2,1-2H3,(H,16,20). The molecule has 0 saturated heterocycles. The molecule has 0 aliphatic carbocycles. The van der Waals surface area contributed by atoms with E-state index in [9.17, 15) is 0 Å². The molecule has 3 rings (SSSR count). The van der Waals surface area contributed by atoms with Crippen molar-refractivity contribution in [3.63, 3.8) is 0 Å². The summed E-state index contributed by atoms with van der Waals surface area (Å²) in [5, 5.41) is 4.00. The minimum absolute atomic E-state index is 0.660. The molecule has 0 spiro atoms. The monoisotopic (exact) mass is 285 g/mol. The fourth-order valence-corrected chi connectivity index (χ4v) is 2.51. The van der Waals surface area contributed by atoms with Crippen LogP contribution in [0.3, 0.4) is 0 Å². The van der Waals surface area contributed by atoms with Gasteiger partial charge in [-0.2, -0.15) is 0 Å². The minimum atomic E-state index is 0.660. The lowest BCUT2D eigenvalue weighted by Gasteiger charge is -2.08. The van der Waals surface area contributed by atoms with E-state index in [2.05, 4.69) is 26.8 Å². The van der Waals surface area contributed by atoms with Crippen LogP contribution in [-0.2, 0) is 6.54 Å². The zero-order valence-electron chi connectivity index (χ0n) is 11.4. The lowest BCUT2D eigenvalue weighted by Crippen LogP contribution is -2.03. The first kappa shape index (κ1) is 12.9. The molecule has 0 amide bonds. The summed E-state index contributed by atoms with van der Waals surface area (Å²) in [5.41, 5.74) is 4.18. The van der Waals surface area contributed by atoms with Gasteiger partial charge in [0.25, 0.3) is 0 Å². The summed E-state index contributed by atoms with van der Waals surface area (Å²) in [4.78, 5) is 3.11. The van der Waals surface area contributed by atoms with E-state index in [-0.39, 0.29) is 0 Å². The van der Waals surface area contributed by atoms with Crippen molar-refractivity contribution in [1.29, 1.82) is 0 Å². The van der Waals surface area contributed by atoms with Gasteiger partial charge in [-0.15, -0.1) is 0 Å². The zero-order valence-corrected chi connectivity index (χ0v) is 12.2. The number of aryl methyl sites for hydroxylation is 2. The maximum atomic E-state index is 5.39. The number of hydrogen-bond acceptors (Lipinski definition) is 3. The number of imidazole rings is 1. The predicted molar refractivity (Wildman–Crippen MR) is 80.1 cm³/mol. The van der Waals surface area contributed by atoms with E-state index in [4.69, 9.17) is 16.7 Å². The quantitative estimate of drug-likeness (QED) is 0.743. The Labute approximate surface area is 122 Å². The molecule has 0 atom stereocenters. The lowest BCUT2D eigenvalue weighted by molar-refractivity contribution is 0.392. The topological polar surface area (TPSA) is 46.8 Å². The zero-order chi connectivity index (χ0) is 14.1. The molecule has 0 aliphatic rings. The number of aromatic amines is 1. The molecule has 1 aromatic carbocycles. The van der Waals surface area contributed by atoms with Crippen LogP contribution >= 0.6 is 12.2 Å². The summed E-state index contributed by atoms with van der Waals surface area (Å²) >= 11 is 5.39. The number of aromatic nitrogens is 3. The number of benzene rings is 1. The highest BCUT2D eigenvalue weighted by molar-refractivity contribution is 7.71. The molecular weight excluding hydrogens is 270 g/mol. The van der Waals surface area contributed by atoms with Crippen LogP contribution in [0.1, 0.15) is 17.0 Å². The van der Waals surface area contributed by atoms with E-state index < -0.39 is 0 Å². The van der Waals surface area contributed by atoms with Gasteiger partial charge in [0.1, 0.15) is 5.76 Å². The molecule has 3 aromatic rings. The van der Waals surface area contributed by atoms with Crippen molar-refractivity contribution < 1.29 is 4.52 Å². The van der Waals surface area contributed by atoms with Gasteiger partial charge in [-0.25, -0.2) is 0 Å². The van der Waals surface area contributed by atoms with Gasteiger partial charge in [-0.3, -0.25) is 0 Å². The maximum absolute atomic E-state index is 5.39. The molecule has 20 heavy (non-hydrogen) atoms. The Morgan fingerprint density at radius 3 is 2.65 bits per heavy atom. The van der Waals surface area contributed by atoms with Crippen LogP contribution in [0, 0.1) is 18.6 Å². The van der Waals surface area contributed by atoms with Gasteiger partial charge in [0.15, 0.2) is 4.77 Å². The van der Waals surface area contributed by atoms with Crippen molar-refractivity contribution in [2.24, 2.45) is 0 Å². The fraction of sp³-hybridized carbons (Fsp3) is 0.200. The molecule has 0 fully saturated rings. The van der Waals surface area contributed by atoms with Crippen LogP contribution in [0.15, 0.2) is 41.1 Å². The van der Waals surface area contributed by atoms with Crippen LogP contribution in [0.5, 0.6) is 0 Å². The predicted octanol–water partition coefficient (Wildman–Crippen LogP) is 3.87. The SMILES string of the molecule is Cc1noc(C)c1Cn1c(-c2ccccc2)c[nH]c1=S. The van der Waals surface area contributed by atoms with Gasteiger partial charge in [0.2, 0.25) is 0 Å². The summed E-state index contributed by atoms with van der Waals surface area (Å²) in [6.45, 7) is 4.53. The molecule has 5 heteroatoms. The lowest BCUT2D eigenvalue weighted by atomic mass is 10.1. The molecule has 0 radical (unpaired) electrons. The Morgan fingerprint density at radius 1 is 1.25 bits per heavy atom. The molecule has 102 valence electrons. The van der Waals surface area contributed by atoms with Gasteiger partial charge >= 0.3 is 0 Å².